The van der Waals surface area contributed by atoms with Gasteiger partial charge in [0.15, 0.2) is 0 Å². The number of aromatic nitrogens is 2. The van der Waals surface area contributed by atoms with Crippen molar-refractivity contribution in [3.63, 3.8) is 0 Å². The van der Waals surface area contributed by atoms with Crippen LogP contribution in [0.25, 0.3) is 21.8 Å². The third kappa shape index (κ3) is 5.52. The highest BCUT2D eigenvalue weighted by Gasteiger charge is 2.12. The Balaban J connectivity index is 1.21. The third-order valence-electron chi connectivity index (χ3n) is 6.21. The van der Waals surface area contributed by atoms with Crippen molar-refractivity contribution in [2.75, 3.05) is 13.2 Å². The fourth-order valence-corrected chi connectivity index (χ4v) is 4.44. The average molecular weight is 464 g/mol. The van der Waals surface area contributed by atoms with Crippen molar-refractivity contribution >= 4 is 27.7 Å². The minimum Gasteiger partial charge on any atom is -0.491 e. The first kappa shape index (κ1) is 22.7. The maximum atomic E-state index is 12.3. The zero-order valence-electron chi connectivity index (χ0n) is 19.7. The van der Waals surface area contributed by atoms with E-state index in [-0.39, 0.29) is 5.91 Å². The number of rotatable bonds is 10. The Labute approximate surface area is 205 Å². The van der Waals surface area contributed by atoms with E-state index in [0.717, 1.165) is 34.4 Å². The zero-order valence-corrected chi connectivity index (χ0v) is 19.7. The summed E-state index contributed by atoms with van der Waals surface area (Å²) in [7, 11) is 0. The van der Waals surface area contributed by atoms with Crippen LogP contribution in [0.5, 0.6) is 5.75 Å². The Morgan fingerprint density at radius 1 is 0.829 bits per heavy atom. The van der Waals surface area contributed by atoms with E-state index in [1.165, 1.54) is 10.9 Å². The van der Waals surface area contributed by atoms with Gasteiger partial charge in [-0.2, -0.15) is 0 Å². The van der Waals surface area contributed by atoms with E-state index in [2.05, 4.69) is 46.3 Å². The van der Waals surface area contributed by atoms with E-state index in [9.17, 15) is 4.79 Å². The maximum absolute atomic E-state index is 12.3. The van der Waals surface area contributed by atoms with Crippen molar-refractivity contribution < 1.29 is 9.53 Å². The van der Waals surface area contributed by atoms with Gasteiger partial charge in [0, 0.05) is 24.8 Å². The summed E-state index contributed by atoms with van der Waals surface area (Å²) in [5.41, 5.74) is 3.22. The van der Waals surface area contributed by atoms with Gasteiger partial charge in [-0.25, -0.2) is 4.98 Å². The van der Waals surface area contributed by atoms with Crippen LogP contribution in [0.3, 0.4) is 0 Å². The molecule has 0 aliphatic carbocycles. The standard InChI is InChI=1S/C30H29N3O2/c34-30(18-17-23-9-2-1-3-10-23)31-20-19-29-32-26-14-6-7-15-27(26)33(29)21-22-35-28-16-8-12-24-11-4-5-13-25(24)28/h1-16H,17-22H2,(H,31,34). The van der Waals surface area contributed by atoms with Gasteiger partial charge in [0.2, 0.25) is 5.91 Å². The molecule has 0 fully saturated rings. The van der Waals surface area contributed by atoms with Crippen LogP contribution in [-0.2, 0) is 24.2 Å². The molecule has 4 aromatic carbocycles. The van der Waals surface area contributed by atoms with E-state index < -0.39 is 0 Å². The third-order valence-corrected chi connectivity index (χ3v) is 6.21. The molecule has 1 aromatic heterocycles. The highest BCUT2D eigenvalue weighted by Crippen LogP contribution is 2.25. The Morgan fingerprint density at radius 3 is 2.51 bits per heavy atom. The monoisotopic (exact) mass is 463 g/mol. The van der Waals surface area contributed by atoms with Crippen molar-refractivity contribution in [1.29, 1.82) is 0 Å². The number of aryl methyl sites for hydroxylation is 1. The number of nitrogens with zero attached hydrogens (tertiary/aromatic N) is 2. The van der Waals surface area contributed by atoms with Crippen LogP contribution in [0, 0.1) is 0 Å². The number of carbonyl (C=O) groups excluding carboxylic acids is 1. The molecule has 0 aliphatic rings. The number of fused-ring (bicyclic) bond motifs is 2. The van der Waals surface area contributed by atoms with Gasteiger partial charge in [-0.1, -0.05) is 78.9 Å². The zero-order chi connectivity index (χ0) is 23.9. The minimum atomic E-state index is 0.0656. The molecule has 5 heteroatoms. The van der Waals surface area contributed by atoms with Gasteiger partial charge in [-0.3, -0.25) is 4.79 Å². The Bertz CT molecular complexity index is 1420. The molecular weight excluding hydrogens is 434 g/mol. The molecule has 5 aromatic rings. The van der Waals surface area contributed by atoms with Crippen molar-refractivity contribution in [3.05, 3.63) is 108 Å². The summed E-state index contributed by atoms with van der Waals surface area (Å²) in [5.74, 6) is 1.91. The molecule has 1 amide bonds. The van der Waals surface area contributed by atoms with Gasteiger partial charge in [-0.05, 0) is 35.6 Å². The number of hydrogen-bond acceptors (Lipinski definition) is 3. The number of hydrogen-bond donors (Lipinski definition) is 1. The minimum absolute atomic E-state index is 0.0656. The summed E-state index contributed by atoms with van der Waals surface area (Å²) in [6.45, 7) is 1.77. The number of benzene rings is 4. The molecule has 1 N–H and O–H groups in total. The lowest BCUT2D eigenvalue weighted by Crippen LogP contribution is -2.27. The number of carbonyl (C=O) groups is 1. The first-order valence-electron chi connectivity index (χ1n) is 12.1. The lowest BCUT2D eigenvalue weighted by Gasteiger charge is -2.13. The topological polar surface area (TPSA) is 56.2 Å². The second-order valence-electron chi connectivity index (χ2n) is 8.58. The molecule has 0 bridgehead atoms. The SMILES string of the molecule is O=C(CCc1ccccc1)NCCc1nc2ccccc2n1CCOc1cccc2ccccc12. The Hall–Kier alpha value is -4.12. The molecule has 35 heavy (non-hydrogen) atoms. The molecule has 0 spiro atoms. The predicted octanol–water partition coefficient (Wildman–Crippen LogP) is 5.56. The normalized spacial score (nSPS) is 11.1. The summed E-state index contributed by atoms with van der Waals surface area (Å²) < 4.78 is 8.40. The quantitative estimate of drug-likeness (QED) is 0.295. The van der Waals surface area contributed by atoms with Gasteiger partial charge < -0.3 is 14.6 Å². The van der Waals surface area contributed by atoms with Crippen LogP contribution in [0.2, 0.25) is 0 Å². The first-order valence-corrected chi connectivity index (χ1v) is 12.1. The summed E-state index contributed by atoms with van der Waals surface area (Å²) >= 11 is 0. The van der Waals surface area contributed by atoms with Gasteiger partial charge in [0.25, 0.3) is 0 Å². The molecule has 0 atom stereocenters. The molecular formula is C30H29N3O2. The molecule has 0 radical (unpaired) electrons. The molecule has 176 valence electrons. The van der Waals surface area contributed by atoms with E-state index in [0.29, 0.717) is 32.5 Å². The van der Waals surface area contributed by atoms with Gasteiger partial charge in [0.05, 0.1) is 17.6 Å². The van der Waals surface area contributed by atoms with Crippen LogP contribution < -0.4 is 10.1 Å². The van der Waals surface area contributed by atoms with Crippen molar-refractivity contribution in [2.45, 2.75) is 25.8 Å². The van der Waals surface area contributed by atoms with Crippen molar-refractivity contribution in [2.24, 2.45) is 0 Å². The van der Waals surface area contributed by atoms with Crippen molar-refractivity contribution in [1.82, 2.24) is 14.9 Å². The summed E-state index contributed by atoms with van der Waals surface area (Å²) in [6.07, 6.45) is 1.90. The molecule has 1 heterocycles. The number of nitrogens with one attached hydrogen (secondary N) is 1. The number of amides is 1. The Morgan fingerprint density at radius 2 is 1.60 bits per heavy atom. The van der Waals surface area contributed by atoms with Crippen molar-refractivity contribution in [3.8, 4) is 5.75 Å². The number of imidazole rings is 1. The highest BCUT2D eigenvalue weighted by atomic mass is 16.5. The molecule has 0 aliphatic heterocycles. The lowest BCUT2D eigenvalue weighted by molar-refractivity contribution is -0.121. The second-order valence-corrected chi connectivity index (χ2v) is 8.58. The van der Waals surface area contributed by atoms with E-state index in [1.54, 1.807) is 0 Å². The smallest absolute Gasteiger partial charge is 0.220 e. The van der Waals surface area contributed by atoms with Gasteiger partial charge >= 0.3 is 0 Å². The van der Waals surface area contributed by atoms with Crippen LogP contribution in [0.15, 0.2) is 97.1 Å². The second kappa shape index (κ2) is 10.9. The highest BCUT2D eigenvalue weighted by molar-refractivity contribution is 5.88. The fraction of sp³-hybridized carbons (Fsp3) is 0.200. The average Bonchev–Trinajstić information content (AvgIpc) is 3.25. The summed E-state index contributed by atoms with van der Waals surface area (Å²) in [6, 6.07) is 32.6. The largest absolute Gasteiger partial charge is 0.491 e. The predicted molar refractivity (Wildman–Crippen MR) is 141 cm³/mol. The number of para-hydroxylation sites is 2. The summed E-state index contributed by atoms with van der Waals surface area (Å²) in [5, 5.41) is 5.33. The molecule has 5 rings (SSSR count). The van der Waals surface area contributed by atoms with Crippen LogP contribution >= 0.6 is 0 Å². The Kier molecular flexibility index (Phi) is 7.04. The first-order chi connectivity index (χ1) is 17.3. The molecule has 5 nitrogen and oxygen atoms in total. The van der Waals surface area contributed by atoms with Crippen LogP contribution in [-0.4, -0.2) is 28.6 Å². The molecule has 0 saturated heterocycles. The lowest BCUT2D eigenvalue weighted by atomic mass is 10.1. The van der Waals surface area contributed by atoms with Crippen LogP contribution in [0.1, 0.15) is 17.8 Å². The van der Waals surface area contributed by atoms with Crippen LogP contribution in [0.4, 0.5) is 0 Å². The maximum Gasteiger partial charge on any atom is 0.220 e. The summed E-state index contributed by atoms with van der Waals surface area (Å²) in [4.78, 5) is 17.2. The molecule has 0 saturated carbocycles. The molecule has 0 unspecified atom stereocenters. The number of ether oxygens (including phenoxy) is 1. The van der Waals surface area contributed by atoms with Gasteiger partial charge in [-0.15, -0.1) is 0 Å². The van der Waals surface area contributed by atoms with E-state index in [1.807, 2.05) is 60.7 Å². The van der Waals surface area contributed by atoms with Gasteiger partial charge in [0.1, 0.15) is 18.2 Å². The van der Waals surface area contributed by atoms with E-state index in [4.69, 9.17) is 9.72 Å². The van der Waals surface area contributed by atoms with E-state index >= 15 is 0 Å². The fourth-order valence-electron chi connectivity index (χ4n) is 4.44.